The molecular weight excluding hydrogens is 238 g/mol. The number of benzene rings is 1. The SMILES string of the molecule is CC(C)OCCCn1cnc2cc(F)c(F)cc21. The molecule has 0 bridgehead atoms. The lowest BCUT2D eigenvalue weighted by atomic mass is 10.3. The van der Waals surface area contributed by atoms with Crippen LogP contribution in [0.4, 0.5) is 8.78 Å². The largest absolute Gasteiger partial charge is 0.379 e. The van der Waals surface area contributed by atoms with Crippen LogP contribution in [0.3, 0.4) is 0 Å². The molecule has 0 amide bonds. The summed E-state index contributed by atoms with van der Waals surface area (Å²) >= 11 is 0. The maximum Gasteiger partial charge on any atom is 0.161 e. The van der Waals surface area contributed by atoms with E-state index in [0.29, 0.717) is 24.2 Å². The summed E-state index contributed by atoms with van der Waals surface area (Å²) in [6.07, 6.45) is 2.61. The molecule has 1 heterocycles. The molecule has 18 heavy (non-hydrogen) atoms. The van der Waals surface area contributed by atoms with Crippen LogP contribution < -0.4 is 0 Å². The molecule has 0 aliphatic heterocycles. The molecule has 0 aliphatic carbocycles. The Morgan fingerprint density at radius 1 is 1.28 bits per heavy atom. The van der Waals surface area contributed by atoms with Gasteiger partial charge in [0.1, 0.15) is 0 Å². The average molecular weight is 254 g/mol. The van der Waals surface area contributed by atoms with Crippen LogP contribution in [-0.2, 0) is 11.3 Å². The second-order valence-electron chi connectivity index (χ2n) is 4.47. The van der Waals surface area contributed by atoms with Crippen molar-refractivity contribution in [2.45, 2.75) is 32.9 Å². The minimum atomic E-state index is -0.865. The zero-order valence-electron chi connectivity index (χ0n) is 10.5. The number of rotatable bonds is 5. The smallest absolute Gasteiger partial charge is 0.161 e. The number of fused-ring (bicyclic) bond motifs is 1. The predicted octanol–water partition coefficient (Wildman–Crippen LogP) is 3.13. The Hall–Kier alpha value is -1.49. The molecule has 0 fully saturated rings. The van der Waals surface area contributed by atoms with Crippen LogP contribution >= 0.6 is 0 Å². The molecule has 5 heteroatoms. The molecule has 2 rings (SSSR count). The normalized spacial score (nSPS) is 11.6. The van der Waals surface area contributed by atoms with Crippen molar-refractivity contribution < 1.29 is 13.5 Å². The summed E-state index contributed by atoms with van der Waals surface area (Å²) in [5, 5.41) is 0. The van der Waals surface area contributed by atoms with Gasteiger partial charge < -0.3 is 9.30 Å². The molecule has 0 unspecified atom stereocenters. The van der Waals surface area contributed by atoms with Gasteiger partial charge in [-0.05, 0) is 20.3 Å². The molecule has 1 aromatic carbocycles. The Kier molecular flexibility index (Phi) is 3.91. The first kappa shape index (κ1) is 13.0. The molecule has 1 aromatic heterocycles. The summed E-state index contributed by atoms with van der Waals surface area (Å²) in [4.78, 5) is 4.05. The van der Waals surface area contributed by atoms with Crippen molar-refractivity contribution in [3.05, 3.63) is 30.1 Å². The lowest BCUT2D eigenvalue weighted by molar-refractivity contribution is 0.0750. The standard InChI is InChI=1S/C13H16F2N2O/c1-9(2)18-5-3-4-17-8-16-12-6-10(14)11(15)7-13(12)17/h6-9H,3-5H2,1-2H3. The Labute approximate surface area is 104 Å². The highest BCUT2D eigenvalue weighted by molar-refractivity contribution is 5.75. The van der Waals surface area contributed by atoms with Crippen molar-refractivity contribution in [2.24, 2.45) is 0 Å². The third-order valence-electron chi connectivity index (χ3n) is 2.66. The van der Waals surface area contributed by atoms with Crippen molar-refractivity contribution in [1.29, 1.82) is 0 Å². The third kappa shape index (κ3) is 2.85. The molecular formula is C13H16F2N2O. The molecule has 0 saturated heterocycles. The summed E-state index contributed by atoms with van der Waals surface area (Å²) in [6.45, 7) is 5.27. The van der Waals surface area contributed by atoms with Crippen LogP contribution in [0.2, 0.25) is 0 Å². The zero-order chi connectivity index (χ0) is 13.1. The van der Waals surface area contributed by atoms with Gasteiger partial charge in [0.2, 0.25) is 0 Å². The summed E-state index contributed by atoms with van der Waals surface area (Å²) in [5.74, 6) is -1.71. The Bertz CT molecular complexity index is 537. The Morgan fingerprint density at radius 3 is 2.72 bits per heavy atom. The van der Waals surface area contributed by atoms with Gasteiger partial charge in [-0.3, -0.25) is 0 Å². The Balaban J connectivity index is 2.07. The van der Waals surface area contributed by atoms with E-state index in [0.717, 1.165) is 12.5 Å². The maximum atomic E-state index is 13.2. The molecule has 0 spiro atoms. The molecule has 0 atom stereocenters. The highest BCUT2D eigenvalue weighted by Gasteiger charge is 2.08. The van der Waals surface area contributed by atoms with Gasteiger partial charge in [0.15, 0.2) is 11.6 Å². The number of aryl methyl sites for hydroxylation is 1. The van der Waals surface area contributed by atoms with Crippen LogP contribution in [0, 0.1) is 11.6 Å². The van der Waals surface area contributed by atoms with Crippen LogP contribution in [0.15, 0.2) is 18.5 Å². The van der Waals surface area contributed by atoms with Gasteiger partial charge in [-0.1, -0.05) is 0 Å². The first-order chi connectivity index (χ1) is 8.58. The van der Waals surface area contributed by atoms with E-state index in [9.17, 15) is 8.78 Å². The van der Waals surface area contributed by atoms with E-state index >= 15 is 0 Å². The van der Waals surface area contributed by atoms with E-state index in [1.165, 1.54) is 6.07 Å². The third-order valence-corrected chi connectivity index (χ3v) is 2.66. The number of aromatic nitrogens is 2. The molecule has 0 saturated carbocycles. The van der Waals surface area contributed by atoms with Crippen molar-refractivity contribution >= 4 is 11.0 Å². The lowest BCUT2D eigenvalue weighted by Gasteiger charge is -2.08. The van der Waals surface area contributed by atoms with Gasteiger partial charge in [0.25, 0.3) is 0 Å². The van der Waals surface area contributed by atoms with Crippen molar-refractivity contribution in [3.63, 3.8) is 0 Å². The molecule has 0 aliphatic rings. The summed E-state index contributed by atoms with van der Waals surface area (Å²) < 4.78 is 33.4. The minimum Gasteiger partial charge on any atom is -0.379 e. The van der Waals surface area contributed by atoms with E-state index in [-0.39, 0.29) is 6.10 Å². The van der Waals surface area contributed by atoms with E-state index < -0.39 is 11.6 Å². The average Bonchev–Trinajstić information content (AvgIpc) is 2.68. The molecule has 0 N–H and O–H groups in total. The second-order valence-corrected chi connectivity index (χ2v) is 4.47. The number of hydrogen-bond donors (Lipinski definition) is 0. The fourth-order valence-electron chi connectivity index (χ4n) is 1.79. The predicted molar refractivity (Wildman–Crippen MR) is 65.4 cm³/mol. The first-order valence-corrected chi connectivity index (χ1v) is 5.99. The lowest BCUT2D eigenvalue weighted by Crippen LogP contribution is -2.07. The monoisotopic (exact) mass is 254 g/mol. The second kappa shape index (κ2) is 5.44. The number of halogens is 2. The maximum absolute atomic E-state index is 13.2. The molecule has 3 nitrogen and oxygen atoms in total. The number of ether oxygens (including phenoxy) is 1. The minimum absolute atomic E-state index is 0.205. The fraction of sp³-hybridized carbons (Fsp3) is 0.462. The van der Waals surface area contributed by atoms with E-state index in [4.69, 9.17) is 4.74 Å². The summed E-state index contributed by atoms with van der Waals surface area (Å²) in [5.41, 5.74) is 1.08. The van der Waals surface area contributed by atoms with Gasteiger partial charge in [0, 0.05) is 25.3 Å². The van der Waals surface area contributed by atoms with Crippen molar-refractivity contribution in [1.82, 2.24) is 9.55 Å². The number of hydrogen-bond acceptors (Lipinski definition) is 2. The van der Waals surface area contributed by atoms with Crippen LogP contribution in [0.1, 0.15) is 20.3 Å². The van der Waals surface area contributed by atoms with Gasteiger partial charge in [0.05, 0.1) is 23.5 Å². The van der Waals surface area contributed by atoms with Gasteiger partial charge in [-0.2, -0.15) is 0 Å². The van der Waals surface area contributed by atoms with Gasteiger partial charge >= 0.3 is 0 Å². The van der Waals surface area contributed by atoms with Crippen molar-refractivity contribution in [2.75, 3.05) is 6.61 Å². The highest BCUT2D eigenvalue weighted by atomic mass is 19.2. The Morgan fingerprint density at radius 2 is 2.00 bits per heavy atom. The molecule has 2 aromatic rings. The van der Waals surface area contributed by atoms with E-state index in [1.54, 1.807) is 6.33 Å². The van der Waals surface area contributed by atoms with E-state index in [1.807, 2.05) is 18.4 Å². The van der Waals surface area contributed by atoms with Gasteiger partial charge in [-0.15, -0.1) is 0 Å². The zero-order valence-corrected chi connectivity index (χ0v) is 10.5. The molecule has 98 valence electrons. The highest BCUT2D eigenvalue weighted by Crippen LogP contribution is 2.17. The summed E-state index contributed by atoms with van der Waals surface area (Å²) in [6, 6.07) is 2.30. The molecule has 0 radical (unpaired) electrons. The van der Waals surface area contributed by atoms with Crippen LogP contribution in [0.5, 0.6) is 0 Å². The van der Waals surface area contributed by atoms with Crippen LogP contribution in [-0.4, -0.2) is 22.3 Å². The van der Waals surface area contributed by atoms with E-state index in [2.05, 4.69) is 4.98 Å². The van der Waals surface area contributed by atoms with Crippen molar-refractivity contribution in [3.8, 4) is 0 Å². The quantitative estimate of drug-likeness (QED) is 0.766. The number of imidazole rings is 1. The first-order valence-electron chi connectivity index (χ1n) is 5.99. The van der Waals surface area contributed by atoms with Gasteiger partial charge in [-0.25, -0.2) is 13.8 Å². The fourth-order valence-corrected chi connectivity index (χ4v) is 1.79. The summed E-state index contributed by atoms with van der Waals surface area (Å²) in [7, 11) is 0. The number of nitrogens with zero attached hydrogens (tertiary/aromatic N) is 2. The topological polar surface area (TPSA) is 27.1 Å². The van der Waals surface area contributed by atoms with Crippen LogP contribution in [0.25, 0.3) is 11.0 Å².